The highest BCUT2D eigenvalue weighted by atomic mass is 32.1. The van der Waals surface area contributed by atoms with Gasteiger partial charge in [0.25, 0.3) is 11.7 Å². The molecule has 6 heteroatoms. The zero-order valence-electron chi connectivity index (χ0n) is 18.4. The molecule has 0 saturated carbocycles. The zero-order chi connectivity index (χ0) is 23.1. The summed E-state index contributed by atoms with van der Waals surface area (Å²) in [5.74, 6) is -0.892. The number of ketones is 1. The van der Waals surface area contributed by atoms with Crippen molar-refractivity contribution in [1.29, 1.82) is 0 Å². The van der Waals surface area contributed by atoms with Gasteiger partial charge in [-0.05, 0) is 49.6 Å². The number of benzene rings is 3. The van der Waals surface area contributed by atoms with Gasteiger partial charge in [-0.3, -0.25) is 18.4 Å². The summed E-state index contributed by atoms with van der Waals surface area (Å²) < 4.78 is 2.75. The van der Waals surface area contributed by atoms with Gasteiger partial charge in [0.2, 0.25) is 0 Å². The predicted octanol–water partition coefficient (Wildman–Crippen LogP) is 6.69. The molecule has 0 fully saturated rings. The van der Waals surface area contributed by atoms with E-state index in [1.54, 1.807) is 16.4 Å². The number of hydrogen-bond acceptors (Lipinski definition) is 4. The summed E-state index contributed by atoms with van der Waals surface area (Å²) >= 11 is 7.52. The van der Waals surface area contributed by atoms with E-state index in [9.17, 15) is 9.59 Å². The number of aromatic nitrogens is 1. The molecule has 2 aliphatic heterocycles. The number of nitrogens with zero attached hydrogens (tertiary/aromatic N) is 2. The number of carbonyl (C=O) groups excluding carboxylic acids is 2. The van der Waals surface area contributed by atoms with Crippen molar-refractivity contribution in [3.63, 3.8) is 0 Å². The molecular weight excluding hydrogens is 448 g/mol. The maximum atomic E-state index is 13.0. The summed E-state index contributed by atoms with van der Waals surface area (Å²) in [7, 11) is 0. The third-order valence-electron chi connectivity index (χ3n) is 6.64. The number of carbonyl (C=O) groups is 2. The van der Waals surface area contributed by atoms with Crippen molar-refractivity contribution in [2.75, 3.05) is 4.90 Å². The van der Waals surface area contributed by atoms with Crippen LogP contribution in [-0.4, -0.2) is 15.6 Å². The second-order valence-corrected chi connectivity index (χ2v) is 10.3. The fourth-order valence-electron chi connectivity index (χ4n) is 4.98. The van der Waals surface area contributed by atoms with Crippen molar-refractivity contribution in [2.24, 2.45) is 0 Å². The van der Waals surface area contributed by atoms with E-state index in [4.69, 9.17) is 12.2 Å². The average molecular weight is 469 g/mol. The van der Waals surface area contributed by atoms with Gasteiger partial charge in [-0.15, -0.1) is 0 Å². The van der Waals surface area contributed by atoms with E-state index in [2.05, 4.69) is 40.4 Å². The Balaban J connectivity index is 1.55. The van der Waals surface area contributed by atoms with Gasteiger partial charge in [0.05, 0.1) is 27.4 Å². The highest BCUT2D eigenvalue weighted by molar-refractivity contribution is 7.71. The number of aryl methyl sites for hydroxylation is 1. The first-order valence-corrected chi connectivity index (χ1v) is 11.9. The van der Waals surface area contributed by atoms with Crippen LogP contribution in [0.1, 0.15) is 34.6 Å². The molecule has 0 spiro atoms. The van der Waals surface area contributed by atoms with Crippen LogP contribution in [0.5, 0.6) is 0 Å². The molecule has 1 aromatic heterocycles. The minimum absolute atomic E-state index is 0.428. The molecule has 4 aromatic rings. The molecule has 4 nitrogen and oxygen atoms in total. The van der Waals surface area contributed by atoms with Crippen LogP contribution < -0.4 is 4.90 Å². The van der Waals surface area contributed by atoms with E-state index in [0.29, 0.717) is 15.9 Å². The first kappa shape index (κ1) is 20.3. The molecule has 0 unspecified atom stereocenters. The Morgan fingerprint density at radius 3 is 2.21 bits per heavy atom. The van der Waals surface area contributed by atoms with Gasteiger partial charge in [-0.1, -0.05) is 78.3 Å². The Labute approximate surface area is 200 Å². The topological polar surface area (TPSA) is 42.3 Å². The highest BCUT2D eigenvalue weighted by Crippen LogP contribution is 2.55. The van der Waals surface area contributed by atoms with E-state index in [-0.39, 0.29) is 0 Å². The van der Waals surface area contributed by atoms with E-state index in [1.165, 1.54) is 0 Å². The molecule has 0 N–H and O–H groups in total. The molecular formula is C27H20N2O2S2. The van der Waals surface area contributed by atoms with Gasteiger partial charge in [0, 0.05) is 11.1 Å². The normalized spacial score (nSPS) is 15.5. The van der Waals surface area contributed by atoms with Gasteiger partial charge in [0.1, 0.15) is 4.64 Å². The Morgan fingerprint density at radius 2 is 1.52 bits per heavy atom. The second-order valence-electron chi connectivity index (χ2n) is 8.99. The zero-order valence-corrected chi connectivity index (χ0v) is 20.0. The number of hydrogen-bond donors (Lipinski definition) is 0. The largest absolute Gasteiger partial charge is 0.300 e. The molecule has 0 atom stereocenters. The minimum atomic E-state index is -0.679. The molecule has 0 saturated heterocycles. The van der Waals surface area contributed by atoms with Crippen LogP contribution >= 0.6 is 23.8 Å². The molecule has 0 radical (unpaired) electrons. The van der Waals surface area contributed by atoms with E-state index in [0.717, 1.165) is 38.4 Å². The maximum absolute atomic E-state index is 13.0. The fourth-order valence-corrected chi connectivity index (χ4v) is 6.67. The lowest BCUT2D eigenvalue weighted by Crippen LogP contribution is -2.46. The van der Waals surface area contributed by atoms with Crippen LogP contribution in [0.4, 0.5) is 5.69 Å². The molecule has 3 aromatic carbocycles. The van der Waals surface area contributed by atoms with E-state index < -0.39 is 17.2 Å². The first-order chi connectivity index (χ1) is 15.8. The minimum Gasteiger partial charge on any atom is -0.294 e. The van der Waals surface area contributed by atoms with Crippen molar-refractivity contribution in [2.45, 2.75) is 26.3 Å². The average Bonchev–Trinajstić information content (AvgIpc) is 3.31. The maximum Gasteiger partial charge on any atom is 0.300 e. The lowest BCUT2D eigenvalue weighted by molar-refractivity contribution is -0.115. The Kier molecular flexibility index (Phi) is 4.19. The Morgan fingerprint density at radius 1 is 0.848 bits per heavy atom. The van der Waals surface area contributed by atoms with Crippen molar-refractivity contribution in [3.8, 4) is 27.9 Å². The highest BCUT2D eigenvalue weighted by Gasteiger charge is 2.51. The summed E-state index contributed by atoms with van der Waals surface area (Å²) in [6.07, 6.45) is 0. The summed E-state index contributed by atoms with van der Waals surface area (Å²) in [6.45, 7) is 5.86. The smallest absolute Gasteiger partial charge is 0.294 e. The third-order valence-corrected chi connectivity index (χ3v) is 8.60. The Hall–Kier alpha value is -3.35. The quantitative estimate of drug-likeness (QED) is 0.243. The Bertz CT molecular complexity index is 1540. The van der Waals surface area contributed by atoms with Crippen LogP contribution in [0.2, 0.25) is 0 Å². The SMILES string of the molecule is Cc1ccc2c3c1C(=O)C(=O)N3C(C)(C)c1sn(-c3ccc(-c4ccccc4)cc3)c(=S)c1-2. The standard InChI is InChI=1S/C27H20N2O2S2/c1-15-9-14-19-21-24(27(2,3)28-22(19)20(15)23(30)25(28)31)33-29(26(21)32)18-12-10-17(11-13-18)16-7-5-4-6-8-16/h4-14H,1-3H3. The van der Waals surface area contributed by atoms with Crippen LogP contribution in [-0.2, 0) is 10.3 Å². The molecule has 3 heterocycles. The van der Waals surface area contributed by atoms with Crippen LogP contribution in [0.15, 0.2) is 66.7 Å². The second kappa shape index (κ2) is 6.83. The molecule has 2 aliphatic rings. The van der Waals surface area contributed by atoms with Crippen molar-refractivity contribution >= 4 is 41.1 Å². The number of anilines is 1. The fraction of sp³-hybridized carbons (Fsp3) is 0.148. The summed E-state index contributed by atoms with van der Waals surface area (Å²) in [5, 5.41) is 0. The van der Waals surface area contributed by atoms with Gasteiger partial charge in [-0.2, -0.15) is 0 Å². The molecule has 1 amide bonds. The number of fused-ring (bicyclic) bond motifs is 2. The van der Waals surface area contributed by atoms with Gasteiger partial charge in [0.15, 0.2) is 0 Å². The summed E-state index contributed by atoms with van der Waals surface area (Å²) in [5.41, 5.74) is 6.45. The molecule has 6 rings (SSSR count). The molecule has 162 valence electrons. The summed E-state index contributed by atoms with van der Waals surface area (Å²) in [6, 6.07) is 22.5. The summed E-state index contributed by atoms with van der Waals surface area (Å²) in [4.78, 5) is 28.5. The van der Waals surface area contributed by atoms with Crippen molar-refractivity contribution in [3.05, 3.63) is 87.4 Å². The van der Waals surface area contributed by atoms with Gasteiger partial charge >= 0.3 is 0 Å². The molecule has 0 bridgehead atoms. The third kappa shape index (κ3) is 2.65. The number of amides is 1. The lowest BCUT2D eigenvalue weighted by Gasteiger charge is -2.39. The van der Waals surface area contributed by atoms with Crippen LogP contribution in [0.25, 0.3) is 27.9 Å². The van der Waals surface area contributed by atoms with Crippen LogP contribution in [0, 0.1) is 11.6 Å². The van der Waals surface area contributed by atoms with Crippen molar-refractivity contribution < 1.29 is 9.59 Å². The van der Waals surface area contributed by atoms with Gasteiger partial charge < -0.3 is 0 Å². The van der Waals surface area contributed by atoms with Gasteiger partial charge in [-0.25, -0.2) is 0 Å². The van der Waals surface area contributed by atoms with E-state index in [1.807, 2.05) is 51.1 Å². The number of rotatable bonds is 2. The molecule has 33 heavy (non-hydrogen) atoms. The lowest BCUT2D eigenvalue weighted by atomic mass is 9.87. The predicted molar refractivity (Wildman–Crippen MR) is 135 cm³/mol. The first-order valence-electron chi connectivity index (χ1n) is 10.8. The van der Waals surface area contributed by atoms with Crippen molar-refractivity contribution in [1.82, 2.24) is 3.96 Å². The number of Topliss-reactive ketones (excluding diaryl/α,β-unsaturated/α-hetero) is 1. The molecule has 0 aliphatic carbocycles. The van der Waals surface area contributed by atoms with E-state index >= 15 is 0 Å². The monoisotopic (exact) mass is 468 g/mol. The van der Waals surface area contributed by atoms with Crippen LogP contribution in [0.3, 0.4) is 0 Å².